The van der Waals surface area contributed by atoms with E-state index in [0.717, 1.165) is 17.9 Å². The minimum Gasteiger partial charge on any atom is -0.493 e. The molecule has 0 fully saturated rings. The van der Waals surface area contributed by atoms with Gasteiger partial charge in [0, 0.05) is 12.1 Å². The molecule has 0 saturated heterocycles. The topological polar surface area (TPSA) is 21.3 Å². The van der Waals surface area contributed by atoms with Crippen molar-refractivity contribution in [2.75, 3.05) is 13.2 Å². The fourth-order valence-electron chi connectivity index (χ4n) is 1.49. The number of allylic oxidation sites excluding steroid dienone is 6. The van der Waals surface area contributed by atoms with Crippen molar-refractivity contribution in [2.24, 2.45) is 5.41 Å². The molecule has 21 heavy (non-hydrogen) atoms. The molecule has 0 aromatic carbocycles. The van der Waals surface area contributed by atoms with Crippen LogP contribution in [0.5, 0.6) is 0 Å². The first-order valence-electron chi connectivity index (χ1n) is 7.65. The van der Waals surface area contributed by atoms with Crippen molar-refractivity contribution < 1.29 is 4.74 Å². The SMILES string of the molecule is C=CC(/C=C/C(C)(C)C)=C\C(=C/C)OCCNC(C)(C)C. The van der Waals surface area contributed by atoms with Gasteiger partial charge < -0.3 is 10.1 Å². The molecule has 120 valence electrons. The summed E-state index contributed by atoms with van der Waals surface area (Å²) in [6.07, 6.45) is 10.1. The van der Waals surface area contributed by atoms with Crippen LogP contribution in [-0.2, 0) is 4.74 Å². The van der Waals surface area contributed by atoms with Gasteiger partial charge in [0.2, 0.25) is 0 Å². The van der Waals surface area contributed by atoms with Crippen LogP contribution in [0.1, 0.15) is 48.5 Å². The lowest BCUT2D eigenvalue weighted by atomic mass is 9.95. The summed E-state index contributed by atoms with van der Waals surface area (Å²) in [6.45, 7) is 20.3. The standard InChI is InChI=1S/C19H33NO/c1-9-16(11-12-18(3,4)5)15-17(10-2)21-14-13-20-19(6,7)8/h9-12,15,20H,1,13-14H2,2-8H3/b12-11+,16-15+,17-10+. The molecule has 1 N–H and O–H groups in total. The Hall–Kier alpha value is -1.28. The van der Waals surface area contributed by atoms with E-state index in [1.165, 1.54) is 0 Å². The molecule has 0 unspecified atom stereocenters. The van der Waals surface area contributed by atoms with Crippen molar-refractivity contribution in [1.29, 1.82) is 0 Å². The molecular formula is C19H33NO. The summed E-state index contributed by atoms with van der Waals surface area (Å²) in [5.74, 6) is 0.874. The van der Waals surface area contributed by atoms with Gasteiger partial charge in [0.05, 0.1) is 0 Å². The molecule has 2 heteroatoms. The van der Waals surface area contributed by atoms with E-state index in [4.69, 9.17) is 4.74 Å². The second kappa shape index (κ2) is 8.89. The van der Waals surface area contributed by atoms with Crippen LogP contribution in [0.15, 0.2) is 48.3 Å². The van der Waals surface area contributed by atoms with Crippen LogP contribution in [0, 0.1) is 5.41 Å². The fourth-order valence-corrected chi connectivity index (χ4v) is 1.49. The predicted octanol–water partition coefficient (Wildman–Crippen LogP) is 5.01. The minimum absolute atomic E-state index is 0.122. The highest BCUT2D eigenvalue weighted by Gasteiger charge is 2.07. The van der Waals surface area contributed by atoms with Gasteiger partial charge in [-0.25, -0.2) is 0 Å². The van der Waals surface area contributed by atoms with Crippen LogP contribution >= 0.6 is 0 Å². The molecule has 0 amide bonds. The quantitative estimate of drug-likeness (QED) is 0.404. The number of nitrogens with one attached hydrogen (secondary N) is 1. The summed E-state index contributed by atoms with van der Waals surface area (Å²) >= 11 is 0. The second-order valence-electron chi connectivity index (χ2n) is 7.26. The van der Waals surface area contributed by atoms with Gasteiger partial charge in [0.1, 0.15) is 12.4 Å². The Morgan fingerprint density at radius 3 is 2.19 bits per heavy atom. The summed E-state index contributed by atoms with van der Waals surface area (Å²) in [5.41, 5.74) is 1.34. The molecule has 0 aromatic heterocycles. The van der Waals surface area contributed by atoms with Gasteiger partial charge in [0.25, 0.3) is 0 Å². The molecule has 0 radical (unpaired) electrons. The maximum absolute atomic E-state index is 5.79. The fraction of sp³-hybridized carbons (Fsp3) is 0.579. The van der Waals surface area contributed by atoms with Crippen LogP contribution in [0.3, 0.4) is 0 Å². The third kappa shape index (κ3) is 12.2. The Bertz CT molecular complexity index is 400. The van der Waals surface area contributed by atoms with Gasteiger partial charge in [-0.1, -0.05) is 45.6 Å². The van der Waals surface area contributed by atoms with Crippen molar-refractivity contribution in [3.05, 3.63) is 48.3 Å². The highest BCUT2D eigenvalue weighted by molar-refractivity contribution is 5.35. The lowest BCUT2D eigenvalue weighted by Crippen LogP contribution is -2.37. The molecule has 0 atom stereocenters. The molecular weight excluding hydrogens is 258 g/mol. The molecule has 0 spiro atoms. The third-order valence-electron chi connectivity index (χ3n) is 2.63. The number of hydrogen-bond donors (Lipinski definition) is 1. The molecule has 0 heterocycles. The van der Waals surface area contributed by atoms with Crippen LogP contribution < -0.4 is 5.32 Å². The summed E-state index contributed by atoms with van der Waals surface area (Å²) in [6, 6.07) is 0. The lowest BCUT2D eigenvalue weighted by molar-refractivity contribution is 0.213. The summed E-state index contributed by atoms with van der Waals surface area (Å²) in [7, 11) is 0. The Morgan fingerprint density at radius 2 is 1.76 bits per heavy atom. The zero-order valence-electron chi connectivity index (χ0n) is 14.9. The molecule has 0 aliphatic heterocycles. The van der Waals surface area contributed by atoms with E-state index in [-0.39, 0.29) is 11.0 Å². The molecule has 0 aliphatic rings. The van der Waals surface area contributed by atoms with Crippen molar-refractivity contribution in [1.82, 2.24) is 5.32 Å². The van der Waals surface area contributed by atoms with E-state index in [0.29, 0.717) is 6.61 Å². The Balaban J connectivity index is 4.55. The summed E-state index contributed by atoms with van der Waals surface area (Å²) < 4.78 is 5.79. The Kier molecular flexibility index (Phi) is 8.34. The molecule has 2 nitrogen and oxygen atoms in total. The monoisotopic (exact) mass is 291 g/mol. The van der Waals surface area contributed by atoms with Crippen LogP contribution in [-0.4, -0.2) is 18.7 Å². The first-order valence-corrected chi connectivity index (χ1v) is 7.65. The Labute approximate surface area is 131 Å². The third-order valence-corrected chi connectivity index (χ3v) is 2.63. The first kappa shape index (κ1) is 19.7. The van der Waals surface area contributed by atoms with Gasteiger partial charge in [-0.05, 0) is 50.8 Å². The minimum atomic E-state index is 0.122. The summed E-state index contributed by atoms with van der Waals surface area (Å²) in [5, 5.41) is 3.41. The smallest absolute Gasteiger partial charge is 0.115 e. The molecule has 0 aromatic rings. The van der Waals surface area contributed by atoms with Crippen LogP contribution in [0.25, 0.3) is 0 Å². The van der Waals surface area contributed by atoms with E-state index in [2.05, 4.69) is 65.6 Å². The molecule has 0 aliphatic carbocycles. The maximum atomic E-state index is 5.79. The van der Waals surface area contributed by atoms with Gasteiger partial charge in [-0.3, -0.25) is 0 Å². The van der Waals surface area contributed by atoms with Crippen molar-refractivity contribution in [3.8, 4) is 0 Å². The predicted molar refractivity (Wildman–Crippen MR) is 94.3 cm³/mol. The maximum Gasteiger partial charge on any atom is 0.115 e. The van der Waals surface area contributed by atoms with Crippen molar-refractivity contribution >= 4 is 0 Å². The van der Waals surface area contributed by atoms with E-state index < -0.39 is 0 Å². The zero-order chi connectivity index (χ0) is 16.5. The van der Waals surface area contributed by atoms with Gasteiger partial charge in [-0.2, -0.15) is 0 Å². The van der Waals surface area contributed by atoms with Gasteiger partial charge >= 0.3 is 0 Å². The van der Waals surface area contributed by atoms with E-state index in [9.17, 15) is 0 Å². The van der Waals surface area contributed by atoms with E-state index in [1.807, 2.05) is 25.2 Å². The van der Waals surface area contributed by atoms with E-state index in [1.54, 1.807) is 0 Å². The average Bonchev–Trinajstić information content (AvgIpc) is 2.34. The van der Waals surface area contributed by atoms with Gasteiger partial charge in [0.15, 0.2) is 0 Å². The first-order chi connectivity index (χ1) is 9.57. The lowest BCUT2D eigenvalue weighted by Gasteiger charge is -2.20. The molecule has 0 rings (SSSR count). The zero-order valence-corrected chi connectivity index (χ0v) is 14.9. The molecule has 0 saturated carbocycles. The summed E-state index contributed by atoms with van der Waals surface area (Å²) in [4.78, 5) is 0. The van der Waals surface area contributed by atoms with Crippen molar-refractivity contribution in [3.63, 3.8) is 0 Å². The molecule has 0 bridgehead atoms. The van der Waals surface area contributed by atoms with Gasteiger partial charge in [-0.15, -0.1) is 0 Å². The second-order valence-corrected chi connectivity index (χ2v) is 7.26. The Morgan fingerprint density at radius 1 is 1.14 bits per heavy atom. The number of hydrogen-bond acceptors (Lipinski definition) is 2. The average molecular weight is 291 g/mol. The normalized spacial score (nSPS) is 14.6. The van der Waals surface area contributed by atoms with Crippen LogP contribution in [0.4, 0.5) is 0 Å². The van der Waals surface area contributed by atoms with Crippen LogP contribution in [0.2, 0.25) is 0 Å². The highest BCUT2D eigenvalue weighted by Crippen LogP contribution is 2.17. The number of rotatable bonds is 7. The largest absolute Gasteiger partial charge is 0.493 e. The van der Waals surface area contributed by atoms with Crippen molar-refractivity contribution in [2.45, 2.75) is 54.0 Å². The highest BCUT2D eigenvalue weighted by atomic mass is 16.5. The van der Waals surface area contributed by atoms with E-state index >= 15 is 0 Å². The number of ether oxygens (including phenoxy) is 1.